The van der Waals surface area contributed by atoms with Crippen molar-refractivity contribution in [2.45, 2.75) is 18.0 Å². The molecule has 0 aliphatic rings. The third kappa shape index (κ3) is 5.06. The fourth-order valence-electron chi connectivity index (χ4n) is 3.07. The first-order valence-corrected chi connectivity index (χ1v) is 11.1. The van der Waals surface area contributed by atoms with E-state index in [0.29, 0.717) is 17.1 Å². The van der Waals surface area contributed by atoms with E-state index in [4.69, 9.17) is 8.83 Å². The van der Waals surface area contributed by atoms with E-state index >= 15 is 0 Å². The lowest BCUT2D eigenvalue weighted by atomic mass is 10.1. The second kappa shape index (κ2) is 9.11. The van der Waals surface area contributed by atoms with Gasteiger partial charge in [-0.2, -0.15) is 0 Å². The molecular weight excluding hydrogens is 435 g/mol. The minimum atomic E-state index is -3.88. The standard InChI is InChI=1S/C23H19FN2O5S/c24-18-7-11-22(12-8-18)32(28,29)25-19-9-5-17(6-10-19)23(27)26(15-20-3-1-13-30-20)16-21-4-2-14-31-21/h1-14,25H,15-16H2. The highest BCUT2D eigenvalue weighted by Gasteiger charge is 2.20. The smallest absolute Gasteiger partial charge is 0.261 e. The summed E-state index contributed by atoms with van der Waals surface area (Å²) in [6.45, 7) is 0.483. The number of hydrogen-bond donors (Lipinski definition) is 1. The summed E-state index contributed by atoms with van der Waals surface area (Å²) >= 11 is 0. The summed E-state index contributed by atoms with van der Waals surface area (Å²) in [7, 11) is -3.88. The van der Waals surface area contributed by atoms with Gasteiger partial charge in [-0.1, -0.05) is 0 Å². The molecule has 1 N–H and O–H groups in total. The van der Waals surface area contributed by atoms with E-state index in [1.807, 2.05) is 0 Å². The van der Waals surface area contributed by atoms with Gasteiger partial charge in [0.05, 0.1) is 30.5 Å². The number of nitrogens with one attached hydrogen (secondary N) is 1. The minimum Gasteiger partial charge on any atom is -0.467 e. The molecule has 2 aromatic carbocycles. The number of benzene rings is 2. The number of carbonyl (C=O) groups is 1. The second-order valence-electron chi connectivity index (χ2n) is 6.96. The predicted molar refractivity (Wildman–Crippen MR) is 115 cm³/mol. The summed E-state index contributed by atoms with van der Waals surface area (Å²) < 4.78 is 51.1. The fourth-order valence-corrected chi connectivity index (χ4v) is 4.13. The Labute approximate surface area is 184 Å². The number of halogens is 1. The Morgan fingerprint density at radius 2 is 1.41 bits per heavy atom. The van der Waals surface area contributed by atoms with E-state index in [9.17, 15) is 17.6 Å². The predicted octanol–water partition coefficient (Wildman–Crippen LogP) is 4.66. The van der Waals surface area contributed by atoms with Gasteiger partial charge in [0.15, 0.2) is 0 Å². The summed E-state index contributed by atoms with van der Waals surface area (Å²) in [4.78, 5) is 14.6. The first kappa shape index (κ1) is 21.4. The highest BCUT2D eigenvalue weighted by atomic mass is 32.2. The van der Waals surface area contributed by atoms with Crippen LogP contribution < -0.4 is 4.72 Å². The summed E-state index contributed by atoms with van der Waals surface area (Å²) in [6, 6.07) is 17.6. The van der Waals surface area contributed by atoms with E-state index in [-0.39, 0.29) is 29.6 Å². The number of rotatable bonds is 8. The van der Waals surface area contributed by atoms with Crippen LogP contribution in [-0.2, 0) is 23.1 Å². The quantitative estimate of drug-likeness (QED) is 0.418. The van der Waals surface area contributed by atoms with Crippen molar-refractivity contribution in [2.75, 3.05) is 4.72 Å². The first-order chi connectivity index (χ1) is 15.4. The molecule has 0 saturated heterocycles. The molecule has 9 heteroatoms. The topological polar surface area (TPSA) is 92.8 Å². The number of amides is 1. The van der Waals surface area contributed by atoms with Crippen LogP contribution in [0.25, 0.3) is 0 Å². The summed E-state index contributed by atoms with van der Waals surface area (Å²) in [6.07, 6.45) is 3.07. The van der Waals surface area contributed by atoms with Crippen molar-refractivity contribution >= 4 is 21.6 Å². The van der Waals surface area contributed by atoms with Crippen molar-refractivity contribution in [3.8, 4) is 0 Å². The molecule has 0 aliphatic heterocycles. The first-order valence-electron chi connectivity index (χ1n) is 9.63. The van der Waals surface area contributed by atoms with Crippen molar-refractivity contribution in [3.63, 3.8) is 0 Å². The van der Waals surface area contributed by atoms with E-state index < -0.39 is 15.8 Å². The molecule has 164 valence electrons. The van der Waals surface area contributed by atoms with Crippen LogP contribution in [0.1, 0.15) is 21.9 Å². The van der Waals surface area contributed by atoms with Crippen molar-refractivity contribution in [2.24, 2.45) is 0 Å². The van der Waals surface area contributed by atoms with Crippen LogP contribution in [0, 0.1) is 5.82 Å². The third-order valence-corrected chi connectivity index (χ3v) is 6.05. The van der Waals surface area contributed by atoms with Crippen LogP contribution in [0.3, 0.4) is 0 Å². The largest absolute Gasteiger partial charge is 0.467 e. The lowest BCUT2D eigenvalue weighted by Crippen LogP contribution is -2.29. The summed E-state index contributed by atoms with van der Waals surface area (Å²) in [5.41, 5.74) is 0.641. The van der Waals surface area contributed by atoms with Gasteiger partial charge < -0.3 is 13.7 Å². The van der Waals surface area contributed by atoms with Crippen LogP contribution in [0.5, 0.6) is 0 Å². The highest BCUT2D eigenvalue weighted by molar-refractivity contribution is 7.92. The van der Waals surface area contributed by atoms with Crippen molar-refractivity contribution < 1.29 is 26.4 Å². The van der Waals surface area contributed by atoms with Gasteiger partial charge in [-0.05, 0) is 72.8 Å². The fraction of sp³-hybridized carbons (Fsp3) is 0.0870. The maximum Gasteiger partial charge on any atom is 0.261 e. The zero-order valence-corrected chi connectivity index (χ0v) is 17.6. The van der Waals surface area contributed by atoms with Crippen molar-refractivity contribution in [3.05, 3.63) is 108 Å². The Morgan fingerprint density at radius 3 is 1.91 bits per heavy atom. The molecule has 32 heavy (non-hydrogen) atoms. The van der Waals surface area contributed by atoms with Gasteiger partial charge in [-0.15, -0.1) is 0 Å². The van der Waals surface area contributed by atoms with Gasteiger partial charge in [-0.25, -0.2) is 12.8 Å². The van der Waals surface area contributed by atoms with E-state index in [1.54, 1.807) is 29.2 Å². The molecule has 0 fully saturated rings. The lowest BCUT2D eigenvalue weighted by Gasteiger charge is -2.21. The van der Waals surface area contributed by atoms with Gasteiger partial charge in [0.2, 0.25) is 0 Å². The molecule has 0 atom stereocenters. The molecule has 0 bridgehead atoms. The van der Waals surface area contributed by atoms with Gasteiger partial charge in [0, 0.05) is 11.3 Å². The minimum absolute atomic E-state index is 0.0675. The van der Waals surface area contributed by atoms with Crippen LogP contribution in [0.15, 0.2) is 99.1 Å². The third-order valence-electron chi connectivity index (χ3n) is 4.65. The molecule has 7 nitrogen and oxygen atoms in total. The molecule has 0 unspecified atom stereocenters. The maximum absolute atomic E-state index is 13.1. The maximum atomic E-state index is 13.1. The molecule has 4 aromatic rings. The molecule has 0 spiro atoms. The number of furan rings is 2. The van der Waals surface area contributed by atoms with Crippen molar-refractivity contribution in [1.29, 1.82) is 0 Å². The zero-order chi connectivity index (χ0) is 22.6. The Balaban J connectivity index is 1.50. The molecule has 0 aliphatic carbocycles. The Kier molecular flexibility index (Phi) is 6.09. The summed E-state index contributed by atoms with van der Waals surface area (Å²) in [5.74, 6) is 0.438. The van der Waals surface area contributed by atoms with Crippen LogP contribution in [0.2, 0.25) is 0 Å². The number of anilines is 1. The van der Waals surface area contributed by atoms with Gasteiger partial charge >= 0.3 is 0 Å². The molecule has 0 saturated carbocycles. The van der Waals surface area contributed by atoms with Crippen molar-refractivity contribution in [1.82, 2.24) is 4.90 Å². The molecule has 2 heterocycles. The van der Waals surface area contributed by atoms with Crippen LogP contribution >= 0.6 is 0 Å². The number of nitrogens with zero attached hydrogens (tertiary/aromatic N) is 1. The van der Waals surface area contributed by atoms with E-state index in [2.05, 4.69) is 4.72 Å². The average molecular weight is 454 g/mol. The molecule has 4 rings (SSSR count). The zero-order valence-electron chi connectivity index (χ0n) is 16.8. The number of carbonyl (C=O) groups excluding carboxylic acids is 1. The Morgan fingerprint density at radius 1 is 0.844 bits per heavy atom. The Hall–Kier alpha value is -3.85. The van der Waals surface area contributed by atoms with Crippen LogP contribution in [0.4, 0.5) is 10.1 Å². The van der Waals surface area contributed by atoms with Gasteiger partial charge in [0.1, 0.15) is 17.3 Å². The average Bonchev–Trinajstić information content (AvgIpc) is 3.48. The molecule has 0 radical (unpaired) electrons. The van der Waals surface area contributed by atoms with Gasteiger partial charge in [-0.3, -0.25) is 9.52 Å². The molecule has 1 amide bonds. The number of hydrogen-bond acceptors (Lipinski definition) is 5. The van der Waals surface area contributed by atoms with E-state index in [0.717, 1.165) is 12.1 Å². The number of sulfonamides is 1. The Bertz CT molecular complexity index is 1230. The summed E-state index contributed by atoms with van der Waals surface area (Å²) in [5, 5.41) is 0. The SMILES string of the molecule is O=C(c1ccc(NS(=O)(=O)c2ccc(F)cc2)cc1)N(Cc1ccco1)Cc1ccco1. The second-order valence-corrected chi connectivity index (χ2v) is 8.64. The molecule has 2 aromatic heterocycles. The monoisotopic (exact) mass is 454 g/mol. The van der Waals surface area contributed by atoms with Crippen LogP contribution in [-0.4, -0.2) is 19.2 Å². The molecular formula is C23H19FN2O5S. The van der Waals surface area contributed by atoms with E-state index in [1.165, 1.54) is 48.9 Å². The normalized spacial score (nSPS) is 11.3. The lowest BCUT2D eigenvalue weighted by molar-refractivity contribution is 0.0705. The van der Waals surface area contributed by atoms with Gasteiger partial charge in [0.25, 0.3) is 15.9 Å². The highest BCUT2D eigenvalue weighted by Crippen LogP contribution is 2.19.